The molecule has 0 aliphatic heterocycles. The average Bonchev–Trinajstić information content (AvgIpc) is 2.71. The number of carbonyl (C=O) groups is 2. The summed E-state index contributed by atoms with van der Waals surface area (Å²) in [4.78, 5) is 23.3. The second-order valence-electron chi connectivity index (χ2n) is 6.61. The van der Waals surface area contributed by atoms with Crippen molar-refractivity contribution < 1.29 is 67.4 Å². The van der Waals surface area contributed by atoms with Crippen LogP contribution in [0.5, 0.6) is 0 Å². The van der Waals surface area contributed by atoms with E-state index < -0.39 is 67.6 Å². The number of hydrogen-bond donors (Lipinski definition) is 1. The highest BCUT2D eigenvalue weighted by Crippen LogP contribution is 2.58. The van der Waals surface area contributed by atoms with Gasteiger partial charge in [0.15, 0.2) is 0 Å². The molecule has 1 amide bonds. The zero-order valence-electron chi connectivity index (χ0n) is 16.9. The number of halogens is 11. The minimum absolute atomic E-state index is 0.230. The molecule has 0 bridgehead atoms. The Morgan fingerprint density at radius 2 is 1.35 bits per heavy atom. The molecule has 1 rings (SSSR count). The molecule has 16 heteroatoms. The van der Waals surface area contributed by atoms with E-state index in [2.05, 4.69) is 9.47 Å². The van der Waals surface area contributed by atoms with E-state index in [4.69, 9.17) is 0 Å². The van der Waals surface area contributed by atoms with Crippen molar-refractivity contribution in [1.82, 2.24) is 5.32 Å². The maximum absolute atomic E-state index is 14.4. The van der Waals surface area contributed by atoms with Crippen LogP contribution in [0.15, 0.2) is 30.3 Å². The van der Waals surface area contributed by atoms with Gasteiger partial charge in [-0.25, -0.2) is 4.79 Å². The summed E-state index contributed by atoms with van der Waals surface area (Å²) in [7, 11) is 0. The van der Waals surface area contributed by atoms with Gasteiger partial charge in [0.25, 0.3) is 0 Å². The fraction of sp³-hybridized carbons (Fsp3) is 0.556. The molecule has 1 aromatic carbocycles. The second kappa shape index (κ2) is 10.2. The van der Waals surface area contributed by atoms with Crippen molar-refractivity contribution in [2.24, 2.45) is 0 Å². The van der Waals surface area contributed by atoms with Crippen LogP contribution in [0.25, 0.3) is 0 Å². The van der Waals surface area contributed by atoms with Gasteiger partial charge in [-0.3, -0.25) is 4.79 Å². The van der Waals surface area contributed by atoms with E-state index in [9.17, 15) is 57.9 Å². The molecular formula is C18H16F11NO4. The number of carbonyl (C=O) groups excluding carboxylic acids is 2. The van der Waals surface area contributed by atoms with E-state index in [1.54, 1.807) is 0 Å². The second-order valence-corrected chi connectivity index (χ2v) is 6.61. The first-order valence-corrected chi connectivity index (χ1v) is 9.03. The summed E-state index contributed by atoms with van der Waals surface area (Å²) >= 11 is 0. The van der Waals surface area contributed by atoms with Gasteiger partial charge in [-0.2, -0.15) is 48.3 Å². The zero-order valence-corrected chi connectivity index (χ0v) is 16.9. The van der Waals surface area contributed by atoms with E-state index in [1.807, 2.05) is 0 Å². The van der Waals surface area contributed by atoms with Gasteiger partial charge in [0.05, 0.1) is 13.0 Å². The third-order valence-corrected chi connectivity index (χ3v) is 4.18. The number of hydrogen-bond acceptors (Lipinski definition) is 4. The predicted molar refractivity (Wildman–Crippen MR) is 90.6 cm³/mol. The van der Waals surface area contributed by atoms with Crippen LogP contribution in [0.4, 0.5) is 53.1 Å². The van der Waals surface area contributed by atoms with E-state index >= 15 is 0 Å². The molecule has 1 atom stereocenters. The number of alkyl carbamates (subject to hydrolysis) is 1. The molecule has 0 spiro atoms. The summed E-state index contributed by atoms with van der Waals surface area (Å²) in [5.74, 6) is -31.1. The smallest absolute Gasteiger partial charge is 0.460 e. The lowest BCUT2D eigenvalue weighted by Gasteiger charge is -2.39. The number of benzene rings is 1. The van der Waals surface area contributed by atoms with Crippen LogP contribution in [-0.4, -0.2) is 54.6 Å². The van der Waals surface area contributed by atoms with E-state index in [1.165, 1.54) is 30.3 Å². The Hall–Kier alpha value is -2.81. The van der Waals surface area contributed by atoms with Gasteiger partial charge in [-0.15, -0.1) is 0 Å². The number of ether oxygens (including phenoxy) is 2. The molecule has 34 heavy (non-hydrogen) atoms. The molecular weight excluding hydrogens is 503 g/mol. The van der Waals surface area contributed by atoms with E-state index in [0.717, 1.165) is 12.2 Å². The van der Waals surface area contributed by atoms with E-state index in [0.29, 0.717) is 0 Å². The van der Waals surface area contributed by atoms with Crippen molar-refractivity contribution in [1.29, 1.82) is 0 Å². The van der Waals surface area contributed by atoms with Crippen LogP contribution >= 0.6 is 0 Å². The van der Waals surface area contributed by atoms with Crippen LogP contribution in [0, 0.1) is 0 Å². The lowest BCUT2D eigenvalue weighted by atomic mass is 9.92. The SMILES string of the molecule is CCOC(=O)CC(NC(=O)OCc1ccccc1)C(F)(F)C(F)(F)C(F)(F)C(F)(F)C(F)(F)F. The summed E-state index contributed by atoms with van der Waals surface area (Å²) < 4.78 is 155. The maximum atomic E-state index is 14.4. The summed E-state index contributed by atoms with van der Waals surface area (Å²) in [5.41, 5.74) is 0.230. The highest BCUT2D eigenvalue weighted by Gasteiger charge is 2.88. The fourth-order valence-corrected chi connectivity index (χ4v) is 2.37. The normalized spacial score (nSPS) is 14.4. The van der Waals surface area contributed by atoms with E-state index in [-0.39, 0.29) is 5.56 Å². The molecule has 1 aromatic rings. The van der Waals surface area contributed by atoms with Gasteiger partial charge < -0.3 is 14.8 Å². The number of amides is 1. The Morgan fingerprint density at radius 1 is 0.824 bits per heavy atom. The number of alkyl halides is 11. The third-order valence-electron chi connectivity index (χ3n) is 4.18. The van der Waals surface area contributed by atoms with Gasteiger partial charge in [-0.05, 0) is 12.5 Å². The van der Waals surface area contributed by atoms with Crippen molar-refractivity contribution in [2.45, 2.75) is 55.9 Å². The highest BCUT2D eigenvalue weighted by atomic mass is 19.4. The Bertz CT molecular complexity index is 844. The minimum Gasteiger partial charge on any atom is -0.466 e. The van der Waals surface area contributed by atoms with Gasteiger partial charge in [0.2, 0.25) is 0 Å². The van der Waals surface area contributed by atoms with Crippen LogP contribution < -0.4 is 5.32 Å². The quantitative estimate of drug-likeness (QED) is 0.335. The molecule has 0 aliphatic rings. The molecule has 0 aromatic heterocycles. The molecule has 0 saturated carbocycles. The van der Waals surface area contributed by atoms with Crippen LogP contribution in [0.2, 0.25) is 0 Å². The predicted octanol–water partition coefficient (Wildman–Crippen LogP) is 5.34. The number of nitrogens with one attached hydrogen (secondary N) is 1. The summed E-state index contributed by atoms with van der Waals surface area (Å²) in [5, 5.41) is 0.934. The maximum Gasteiger partial charge on any atom is 0.460 e. The molecule has 0 radical (unpaired) electrons. The van der Waals surface area contributed by atoms with Crippen LogP contribution in [-0.2, 0) is 20.9 Å². The molecule has 0 fully saturated rings. The molecule has 0 aliphatic carbocycles. The van der Waals surface area contributed by atoms with Crippen molar-refractivity contribution in [3.8, 4) is 0 Å². The van der Waals surface area contributed by atoms with Crippen LogP contribution in [0.1, 0.15) is 18.9 Å². The van der Waals surface area contributed by atoms with Gasteiger partial charge >= 0.3 is 41.9 Å². The van der Waals surface area contributed by atoms with Gasteiger partial charge in [0, 0.05) is 0 Å². The van der Waals surface area contributed by atoms with Gasteiger partial charge in [-0.1, -0.05) is 30.3 Å². The minimum atomic E-state index is -7.70. The Labute approximate surface area is 184 Å². The average molecular weight is 519 g/mol. The Morgan fingerprint density at radius 3 is 1.82 bits per heavy atom. The molecule has 194 valence electrons. The Balaban J connectivity index is 3.29. The first kappa shape index (κ1) is 29.2. The highest BCUT2D eigenvalue weighted by molar-refractivity contribution is 5.73. The van der Waals surface area contributed by atoms with Crippen molar-refractivity contribution in [3.05, 3.63) is 35.9 Å². The molecule has 1 N–H and O–H groups in total. The zero-order chi connectivity index (χ0) is 26.6. The first-order valence-electron chi connectivity index (χ1n) is 9.03. The van der Waals surface area contributed by atoms with Crippen molar-refractivity contribution in [2.75, 3.05) is 6.61 Å². The summed E-state index contributed by atoms with van der Waals surface area (Å²) in [6, 6.07) is 3.38. The summed E-state index contributed by atoms with van der Waals surface area (Å²) in [6.07, 6.45) is -11.4. The monoisotopic (exact) mass is 519 g/mol. The fourth-order valence-electron chi connectivity index (χ4n) is 2.37. The molecule has 5 nitrogen and oxygen atoms in total. The summed E-state index contributed by atoms with van der Waals surface area (Å²) in [6.45, 7) is -0.114. The molecule has 0 saturated heterocycles. The largest absolute Gasteiger partial charge is 0.466 e. The lowest BCUT2D eigenvalue weighted by molar-refractivity contribution is -0.424. The van der Waals surface area contributed by atoms with Crippen LogP contribution in [0.3, 0.4) is 0 Å². The standard InChI is InChI=1S/C18H16F11NO4/c1-2-33-12(31)8-11(30-13(32)34-9-10-6-4-3-5-7-10)14(19,20)15(21,22)16(23,24)17(25,26)18(27,28)29/h3-7,11H,2,8-9H2,1H3,(H,30,32). The Kier molecular flexibility index (Phi) is 8.78. The third kappa shape index (κ3) is 5.81. The topological polar surface area (TPSA) is 64.6 Å². The number of rotatable bonds is 10. The lowest BCUT2D eigenvalue weighted by Crippen LogP contribution is -2.70. The van der Waals surface area contributed by atoms with Gasteiger partial charge in [0.1, 0.15) is 12.6 Å². The first-order chi connectivity index (χ1) is 15.3. The molecule has 1 unspecified atom stereocenters. The van der Waals surface area contributed by atoms with Crippen molar-refractivity contribution in [3.63, 3.8) is 0 Å². The molecule has 0 heterocycles. The van der Waals surface area contributed by atoms with Crippen molar-refractivity contribution >= 4 is 12.1 Å². The number of esters is 1.